The molecule has 14 heavy (non-hydrogen) atoms. The van der Waals surface area contributed by atoms with Crippen LogP contribution in [0.15, 0.2) is 12.7 Å². The maximum absolute atomic E-state index is 5.68. The third kappa shape index (κ3) is 0.830. The van der Waals surface area contributed by atoms with Gasteiger partial charge in [0.2, 0.25) is 0 Å². The van der Waals surface area contributed by atoms with Gasteiger partial charge in [0.15, 0.2) is 23.3 Å². The summed E-state index contributed by atoms with van der Waals surface area (Å²) in [6, 6.07) is 0. The van der Waals surface area contributed by atoms with Crippen LogP contribution in [0.25, 0.3) is 0 Å². The van der Waals surface area contributed by atoms with E-state index in [2.05, 4.69) is 30.6 Å². The molecule has 3 heterocycles. The van der Waals surface area contributed by atoms with Crippen LogP contribution in [0.2, 0.25) is 0 Å². The fourth-order valence-electron chi connectivity index (χ4n) is 1.34. The number of aromatic nitrogens is 4. The number of nitrogens with one attached hydrogen (secondary N) is 3. The summed E-state index contributed by atoms with van der Waals surface area (Å²) in [5.41, 5.74) is 6.35. The summed E-state index contributed by atoms with van der Waals surface area (Å²) in [6.07, 6.45) is 2.99. The average molecular weight is 189 g/mol. The molecule has 0 saturated carbocycles. The van der Waals surface area contributed by atoms with Gasteiger partial charge in [0, 0.05) is 0 Å². The second-order valence-corrected chi connectivity index (χ2v) is 2.86. The second-order valence-electron chi connectivity index (χ2n) is 2.86. The lowest BCUT2D eigenvalue weighted by Gasteiger charge is -2.17. The van der Waals surface area contributed by atoms with Gasteiger partial charge in [-0.05, 0) is 0 Å². The molecule has 1 aliphatic heterocycles. The summed E-state index contributed by atoms with van der Waals surface area (Å²) < 4.78 is 0. The van der Waals surface area contributed by atoms with Crippen molar-refractivity contribution in [2.45, 2.75) is 0 Å². The van der Waals surface area contributed by atoms with E-state index in [1.807, 2.05) is 0 Å². The lowest BCUT2D eigenvalue weighted by atomic mass is 10.3. The Labute approximate surface area is 78.8 Å². The summed E-state index contributed by atoms with van der Waals surface area (Å²) >= 11 is 0. The molecule has 0 aromatic carbocycles. The minimum atomic E-state index is 0.405. The Bertz CT molecular complexity index is 489. The molecule has 2 aromatic heterocycles. The molecule has 0 atom stereocenters. The highest BCUT2D eigenvalue weighted by molar-refractivity contribution is 5.89. The van der Waals surface area contributed by atoms with E-state index in [0.29, 0.717) is 23.1 Å². The van der Waals surface area contributed by atoms with Gasteiger partial charge in [-0.25, -0.2) is 15.0 Å². The highest BCUT2D eigenvalue weighted by Crippen LogP contribution is 2.36. The van der Waals surface area contributed by atoms with Crippen LogP contribution >= 0.6 is 0 Å². The Balaban J connectivity index is 2.17. The molecule has 5 N–H and O–H groups in total. The summed E-state index contributed by atoms with van der Waals surface area (Å²) in [5.74, 6) is 2.51. The van der Waals surface area contributed by atoms with Gasteiger partial charge >= 0.3 is 0 Å². The van der Waals surface area contributed by atoms with Crippen LogP contribution < -0.4 is 16.4 Å². The van der Waals surface area contributed by atoms with Gasteiger partial charge in [-0.3, -0.25) is 0 Å². The van der Waals surface area contributed by atoms with E-state index >= 15 is 0 Å². The van der Waals surface area contributed by atoms with Gasteiger partial charge in [0.1, 0.15) is 12.0 Å². The van der Waals surface area contributed by atoms with Crippen molar-refractivity contribution in [2.75, 3.05) is 16.4 Å². The maximum Gasteiger partial charge on any atom is 0.174 e. The molecular formula is C7H7N7. The first kappa shape index (κ1) is 7.13. The Hall–Kier alpha value is -2.31. The number of hydrogen-bond donors (Lipinski definition) is 4. The number of nitrogen functional groups attached to an aromatic ring is 1. The molecule has 0 bridgehead atoms. The highest BCUT2D eigenvalue weighted by atomic mass is 15.2. The van der Waals surface area contributed by atoms with Crippen molar-refractivity contribution in [3.63, 3.8) is 0 Å². The molecule has 7 nitrogen and oxygen atoms in total. The number of fused-ring (bicyclic) bond motifs is 2. The summed E-state index contributed by atoms with van der Waals surface area (Å²) in [7, 11) is 0. The zero-order valence-electron chi connectivity index (χ0n) is 7.07. The van der Waals surface area contributed by atoms with Gasteiger partial charge in [-0.1, -0.05) is 0 Å². The van der Waals surface area contributed by atoms with E-state index in [1.165, 1.54) is 6.33 Å². The molecule has 70 valence electrons. The molecule has 0 radical (unpaired) electrons. The number of H-pyrrole nitrogens is 1. The normalized spacial score (nSPS) is 12.3. The zero-order chi connectivity index (χ0) is 9.54. The monoisotopic (exact) mass is 189 g/mol. The lowest BCUT2D eigenvalue weighted by Crippen LogP contribution is -2.10. The SMILES string of the molecule is Nc1ncnc2c1Nc1[nH]cnc1N2. The Morgan fingerprint density at radius 3 is 2.93 bits per heavy atom. The molecule has 0 fully saturated rings. The molecule has 0 spiro atoms. The minimum absolute atomic E-state index is 0.405. The topological polar surface area (TPSA) is 105 Å². The van der Waals surface area contributed by atoms with Crippen LogP contribution in [0, 0.1) is 0 Å². The number of nitrogens with zero attached hydrogens (tertiary/aromatic N) is 3. The zero-order valence-corrected chi connectivity index (χ0v) is 7.07. The van der Waals surface area contributed by atoms with Gasteiger partial charge < -0.3 is 21.4 Å². The Morgan fingerprint density at radius 2 is 2.00 bits per heavy atom. The number of imidazole rings is 1. The molecule has 0 saturated heterocycles. The summed E-state index contributed by atoms with van der Waals surface area (Å²) in [5, 5.41) is 6.08. The van der Waals surface area contributed by atoms with E-state index < -0.39 is 0 Å². The summed E-state index contributed by atoms with van der Waals surface area (Å²) in [6.45, 7) is 0. The van der Waals surface area contributed by atoms with Crippen molar-refractivity contribution >= 4 is 29.0 Å². The van der Waals surface area contributed by atoms with Crippen molar-refractivity contribution in [3.05, 3.63) is 12.7 Å². The maximum atomic E-state index is 5.68. The Kier molecular flexibility index (Phi) is 1.19. The molecule has 7 heteroatoms. The summed E-state index contributed by atoms with van der Waals surface area (Å²) in [4.78, 5) is 14.9. The fourth-order valence-corrected chi connectivity index (χ4v) is 1.34. The van der Waals surface area contributed by atoms with Crippen molar-refractivity contribution in [1.82, 2.24) is 19.9 Å². The first-order chi connectivity index (χ1) is 6.84. The average Bonchev–Trinajstić information content (AvgIpc) is 2.62. The Morgan fingerprint density at radius 1 is 1.07 bits per heavy atom. The quantitative estimate of drug-likeness (QED) is 0.412. The van der Waals surface area contributed by atoms with E-state index in [1.54, 1.807) is 6.33 Å². The first-order valence-electron chi connectivity index (χ1n) is 4.02. The van der Waals surface area contributed by atoms with Crippen LogP contribution in [-0.2, 0) is 0 Å². The number of anilines is 5. The molecule has 0 amide bonds. The predicted octanol–water partition coefficient (Wildman–Crippen LogP) is 0.583. The number of nitrogens with two attached hydrogens (primary N) is 1. The second kappa shape index (κ2) is 2.34. The van der Waals surface area contributed by atoms with E-state index in [-0.39, 0.29) is 0 Å². The number of rotatable bonds is 0. The third-order valence-corrected chi connectivity index (χ3v) is 2.00. The third-order valence-electron chi connectivity index (χ3n) is 2.00. The van der Waals surface area contributed by atoms with Crippen LogP contribution in [-0.4, -0.2) is 19.9 Å². The van der Waals surface area contributed by atoms with Crippen molar-refractivity contribution in [3.8, 4) is 0 Å². The predicted molar refractivity (Wildman–Crippen MR) is 51.6 cm³/mol. The van der Waals surface area contributed by atoms with Crippen LogP contribution in [0.1, 0.15) is 0 Å². The van der Waals surface area contributed by atoms with Gasteiger partial charge in [0.05, 0.1) is 6.33 Å². The highest BCUT2D eigenvalue weighted by Gasteiger charge is 2.19. The van der Waals surface area contributed by atoms with E-state index in [0.717, 1.165) is 5.82 Å². The number of hydrogen-bond acceptors (Lipinski definition) is 6. The smallest absolute Gasteiger partial charge is 0.174 e. The molecule has 3 rings (SSSR count). The number of aromatic amines is 1. The molecule has 2 aromatic rings. The molecule has 1 aliphatic rings. The largest absolute Gasteiger partial charge is 0.382 e. The van der Waals surface area contributed by atoms with Gasteiger partial charge in [-0.15, -0.1) is 0 Å². The lowest BCUT2D eigenvalue weighted by molar-refractivity contribution is 1.16. The van der Waals surface area contributed by atoms with Crippen molar-refractivity contribution in [2.24, 2.45) is 0 Å². The van der Waals surface area contributed by atoms with Crippen LogP contribution in [0.3, 0.4) is 0 Å². The van der Waals surface area contributed by atoms with Gasteiger partial charge in [0.25, 0.3) is 0 Å². The molecule has 0 unspecified atom stereocenters. The van der Waals surface area contributed by atoms with E-state index in [9.17, 15) is 0 Å². The van der Waals surface area contributed by atoms with Crippen molar-refractivity contribution in [1.29, 1.82) is 0 Å². The molecular weight excluding hydrogens is 182 g/mol. The van der Waals surface area contributed by atoms with Crippen LogP contribution in [0.5, 0.6) is 0 Å². The van der Waals surface area contributed by atoms with Crippen LogP contribution in [0.4, 0.5) is 29.0 Å². The fraction of sp³-hybridized carbons (Fsp3) is 0. The molecule has 0 aliphatic carbocycles. The standard InChI is InChI=1S/C7H7N7/c8-4-3-5(10-1-9-4)14-7-6(13-3)11-2-12-7/h1-2,13H,(H,11,12)(H3,8,9,10,14). The van der Waals surface area contributed by atoms with Gasteiger partial charge in [-0.2, -0.15) is 0 Å². The van der Waals surface area contributed by atoms with E-state index in [4.69, 9.17) is 5.73 Å². The first-order valence-corrected chi connectivity index (χ1v) is 4.02. The van der Waals surface area contributed by atoms with Crippen molar-refractivity contribution < 1.29 is 0 Å². The minimum Gasteiger partial charge on any atom is -0.382 e.